The molecule has 1 aromatic heterocycles. The van der Waals surface area contributed by atoms with Crippen LogP contribution in [0.4, 0.5) is 0 Å². The summed E-state index contributed by atoms with van der Waals surface area (Å²) in [5.74, 6) is 2.33. The van der Waals surface area contributed by atoms with Gasteiger partial charge >= 0.3 is 0 Å². The molecular weight excluding hydrogens is 274 g/mol. The zero-order valence-electron chi connectivity index (χ0n) is 8.67. The molecule has 2 nitrogen and oxygen atoms in total. The van der Waals surface area contributed by atoms with Gasteiger partial charge in [0.05, 0.1) is 6.54 Å². The second-order valence-electron chi connectivity index (χ2n) is 3.83. The molecule has 84 valence electrons. The third kappa shape index (κ3) is 3.85. The molecule has 4 heteroatoms. The van der Waals surface area contributed by atoms with E-state index in [9.17, 15) is 0 Å². The van der Waals surface area contributed by atoms with E-state index in [1.807, 2.05) is 12.1 Å². The fourth-order valence-electron chi connectivity index (χ4n) is 1.77. The van der Waals surface area contributed by atoms with Crippen LogP contribution in [-0.4, -0.2) is 17.5 Å². The Balaban J connectivity index is 1.65. The molecule has 0 radical (unpaired) electrons. The molecule has 0 spiro atoms. The van der Waals surface area contributed by atoms with Crippen molar-refractivity contribution in [1.29, 1.82) is 0 Å². The van der Waals surface area contributed by atoms with Crippen molar-refractivity contribution in [3.8, 4) is 0 Å². The predicted molar refractivity (Wildman–Crippen MR) is 68.2 cm³/mol. The van der Waals surface area contributed by atoms with E-state index in [0.29, 0.717) is 0 Å². The molecule has 1 atom stereocenters. The summed E-state index contributed by atoms with van der Waals surface area (Å²) in [7, 11) is 0. The summed E-state index contributed by atoms with van der Waals surface area (Å²) in [6, 6.07) is 3.94. The molecule has 2 rings (SSSR count). The molecule has 1 aliphatic heterocycles. The van der Waals surface area contributed by atoms with Crippen molar-refractivity contribution in [2.75, 3.05) is 12.3 Å². The van der Waals surface area contributed by atoms with Gasteiger partial charge in [0, 0.05) is 11.8 Å². The Bertz CT molecular complexity index is 297. The highest BCUT2D eigenvalue weighted by Gasteiger charge is 2.13. The second-order valence-corrected chi connectivity index (χ2v) is 6.02. The molecule has 1 aromatic rings. The highest BCUT2D eigenvalue weighted by Crippen LogP contribution is 2.24. The fraction of sp³-hybridized carbons (Fsp3) is 0.636. The first-order valence-corrected chi connectivity index (χ1v) is 7.25. The molecular formula is C11H16BrNOS. The Hall–Kier alpha value is 0.0700. The van der Waals surface area contributed by atoms with Gasteiger partial charge in [-0.05, 0) is 46.7 Å². The van der Waals surface area contributed by atoms with Crippen LogP contribution >= 0.6 is 27.7 Å². The van der Waals surface area contributed by atoms with E-state index in [0.717, 1.165) is 28.8 Å². The smallest absolute Gasteiger partial charge is 0.169 e. The number of rotatable bonds is 4. The first kappa shape index (κ1) is 11.6. The SMILES string of the molecule is Brc1ccc(CNCC2CCCCS2)o1. The van der Waals surface area contributed by atoms with E-state index in [-0.39, 0.29) is 0 Å². The minimum Gasteiger partial charge on any atom is -0.453 e. The zero-order valence-corrected chi connectivity index (χ0v) is 11.1. The molecule has 2 heterocycles. The highest BCUT2D eigenvalue weighted by atomic mass is 79.9. The molecule has 1 fully saturated rings. The second kappa shape index (κ2) is 5.97. The van der Waals surface area contributed by atoms with Crippen LogP contribution in [0.1, 0.15) is 25.0 Å². The molecule has 1 unspecified atom stereocenters. The number of hydrogen-bond donors (Lipinski definition) is 1. The molecule has 0 bridgehead atoms. The largest absolute Gasteiger partial charge is 0.453 e. The maximum Gasteiger partial charge on any atom is 0.169 e. The van der Waals surface area contributed by atoms with Crippen LogP contribution < -0.4 is 5.32 Å². The molecule has 0 aromatic carbocycles. The van der Waals surface area contributed by atoms with Crippen LogP contribution in [0.5, 0.6) is 0 Å². The Morgan fingerprint density at radius 1 is 1.47 bits per heavy atom. The summed E-state index contributed by atoms with van der Waals surface area (Å²) in [5, 5.41) is 4.25. The van der Waals surface area contributed by atoms with E-state index < -0.39 is 0 Å². The van der Waals surface area contributed by atoms with Crippen LogP contribution in [0.2, 0.25) is 0 Å². The molecule has 15 heavy (non-hydrogen) atoms. The van der Waals surface area contributed by atoms with Gasteiger partial charge in [-0.2, -0.15) is 11.8 Å². The summed E-state index contributed by atoms with van der Waals surface area (Å²) in [6.07, 6.45) is 4.15. The van der Waals surface area contributed by atoms with Gasteiger partial charge in [-0.25, -0.2) is 0 Å². The third-order valence-corrected chi connectivity index (χ3v) is 4.40. The summed E-state index contributed by atoms with van der Waals surface area (Å²) in [5.41, 5.74) is 0. The molecule has 1 aliphatic rings. The maximum atomic E-state index is 5.42. The molecule has 0 aliphatic carbocycles. The molecule has 1 saturated heterocycles. The summed E-state index contributed by atoms with van der Waals surface area (Å²) in [6.45, 7) is 1.94. The maximum absolute atomic E-state index is 5.42. The van der Waals surface area contributed by atoms with Crippen molar-refractivity contribution >= 4 is 27.7 Å². The zero-order chi connectivity index (χ0) is 10.5. The minimum absolute atomic E-state index is 0.803. The number of thioether (sulfide) groups is 1. The quantitative estimate of drug-likeness (QED) is 0.920. The molecule has 0 amide bonds. The topological polar surface area (TPSA) is 25.2 Å². The van der Waals surface area contributed by atoms with Gasteiger partial charge < -0.3 is 9.73 Å². The van der Waals surface area contributed by atoms with Crippen LogP contribution in [0.15, 0.2) is 21.2 Å². The normalized spacial score (nSPS) is 21.8. The van der Waals surface area contributed by atoms with E-state index in [4.69, 9.17) is 4.42 Å². The lowest BCUT2D eigenvalue weighted by molar-refractivity contribution is 0.462. The Morgan fingerprint density at radius 3 is 3.07 bits per heavy atom. The molecule has 0 saturated carbocycles. The van der Waals surface area contributed by atoms with Gasteiger partial charge in [0.25, 0.3) is 0 Å². The monoisotopic (exact) mass is 289 g/mol. The first-order valence-electron chi connectivity index (χ1n) is 5.41. The Kier molecular flexibility index (Phi) is 4.60. The third-order valence-electron chi connectivity index (χ3n) is 2.57. The lowest BCUT2D eigenvalue weighted by Gasteiger charge is -2.21. The van der Waals surface area contributed by atoms with Gasteiger partial charge in [0.1, 0.15) is 5.76 Å². The lowest BCUT2D eigenvalue weighted by Crippen LogP contribution is -2.26. The Labute approximate surface area is 103 Å². The number of hydrogen-bond acceptors (Lipinski definition) is 3. The van der Waals surface area contributed by atoms with E-state index in [1.165, 1.54) is 25.0 Å². The average molecular weight is 290 g/mol. The van der Waals surface area contributed by atoms with Crippen LogP contribution in [0.25, 0.3) is 0 Å². The number of nitrogens with one attached hydrogen (secondary N) is 1. The number of halogens is 1. The van der Waals surface area contributed by atoms with Gasteiger partial charge in [0.15, 0.2) is 4.67 Å². The minimum atomic E-state index is 0.803. The van der Waals surface area contributed by atoms with Gasteiger partial charge in [-0.1, -0.05) is 6.42 Å². The predicted octanol–water partition coefficient (Wildman–Crippen LogP) is 3.42. The van der Waals surface area contributed by atoms with Gasteiger partial charge in [-0.15, -0.1) is 0 Å². The van der Waals surface area contributed by atoms with E-state index in [2.05, 4.69) is 33.0 Å². The van der Waals surface area contributed by atoms with Crippen LogP contribution in [0, 0.1) is 0 Å². The Morgan fingerprint density at radius 2 is 2.40 bits per heavy atom. The van der Waals surface area contributed by atoms with Gasteiger partial charge in [-0.3, -0.25) is 0 Å². The first-order chi connectivity index (χ1) is 7.34. The van der Waals surface area contributed by atoms with E-state index >= 15 is 0 Å². The van der Waals surface area contributed by atoms with Crippen molar-refractivity contribution in [1.82, 2.24) is 5.32 Å². The van der Waals surface area contributed by atoms with Gasteiger partial charge in [0.2, 0.25) is 0 Å². The van der Waals surface area contributed by atoms with Crippen molar-refractivity contribution in [2.45, 2.75) is 31.1 Å². The van der Waals surface area contributed by atoms with Crippen molar-refractivity contribution in [3.63, 3.8) is 0 Å². The number of furan rings is 1. The van der Waals surface area contributed by atoms with Crippen molar-refractivity contribution < 1.29 is 4.42 Å². The van der Waals surface area contributed by atoms with Crippen LogP contribution in [-0.2, 0) is 6.54 Å². The average Bonchev–Trinajstić information content (AvgIpc) is 2.66. The summed E-state index contributed by atoms with van der Waals surface area (Å²) in [4.78, 5) is 0. The lowest BCUT2D eigenvalue weighted by atomic mass is 10.2. The highest BCUT2D eigenvalue weighted by molar-refractivity contribution is 9.10. The van der Waals surface area contributed by atoms with E-state index in [1.54, 1.807) is 0 Å². The van der Waals surface area contributed by atoms with Crippen LogP contribution in [0.3, 0.4) is 0 Å². The summed E-state index contributed by atoms with van der Waals surface area (Å²) >= 11 is 5.40. The summed E-state index contributed by atoms with van der Waals surface area (Å²) < 4.78 is 6.23. The standard InChI is InChI=1S/C11H16BrNOS/c12-11-5-4-9(14-11)7-13-8-10-3-1-2-6-15-10/h4-5,10,13H,1-3,6-8H2. The molecule has 1 N–H and O–H groups in total. The van der Waals surface area contributed by atoms with Crippen molar-refractivity contribution in [3.05, 3.63) is 22.6 Å². The fourth-order valence-corrected chi connectivity index (χ4v) is 3.38. The van der Waals surface area contributed by atoms with Crippen molar-refractivity contribution in [2.24, 2.45) is 0 Å².